The van der Waals surface area contributed by atoms with Crippen LogP contribution in [0.1, 0.15) is 107 Å². The number of piperidine rings is 1. The van der Waals surface area contributed by atoms with Gasteiger partial charge in [-0.05, 0) is 141 Å². The summed E-state index contributed by atoms with van der Waals surface area (Å²) in [6, 6.07) is 29.6. The van der Waals surface area contributed by atoms with Crippen LogP contribution in [-0.4, -0.2) is 98.8 Å². The van der Waals surface area contributed by atoms with Crippen molar-refractivity contribution in [1.82, 2.24) is 30.0 Å². The highest BCUT2D eigenvalue weighted by Gasteiger charge is 2.33. The molecule has 4 aliphatic rings. The molecule has 2 atom stereocenters. The van der Waals surface area contributed by atoms with E-state index in [0.29, 0.717) is 66.3 Å². The monoisotopic (exact) mass is 1010 g/mol. The standard InChI is InChI=1S/C58H63N9O6S/c1-35(33-65-28-30-66(31-29-65)39-18-21-44-48(32-39)64(3)63-53(44)45-23-25-52(68)61-56(45)70)14-15-37-16-19-40(20-17-37)73-49-12-7-9-41(36(49)2)42-22-24-51(60-54(42)57(71)72)67-27-26-38-8-6-10-43(46(38)34-67)55(69)62-58-59-47-11-4-5-13-50(47)74-58/h4-13,18,21-22,24,32,35,37,40,45H,14-17,19-20,23,25-31,33-34H2,1-3H3,(H,71,72)(H,59,62,69)(H,61,68,70)/t35-,37?,40?,45-/m1/s1. The van der Waals surface area contributed by atoms with E-state index in [2.05, 4.69) is 61.5 Å². The number of fused-ring (bicyclic) bond motifs is 3. The molecule has 3 amide bonds. The molecule has 3 aliphatic heterocycles. The van der Waals surface area contributed by atoms with Crippen molar-refractivity contribution < 1.29 is 29.0 Å². The molecule has 11 rings (SSSR count). The Hall–Kier alpha value is -7.17. The second-order valence-corrected chi connectivity index (χ2v) is 21.8. The third kappa shape index (κ3) is 10.2. The Balaban J connectivity index is 0.657. The number of hydrogen-bond acceptors (Lipinski definition) is 12. The van der Waals surface area contributed by atoms with E-state index in [1.807, 2.05) is 85.4 Å². The Bertz CT molecular complexity index is 3250. The van der Waals surface area contributed by atoms with Gasteiger partial charge in [-0.1, -0.05) is 61.1 Å². The molecule has 0 spiro atoms. The summed E-state index contributed by atoms with van der Waals surface area (Å²) in [5.74, 6) is 0.412. The summed E-state index contributed by atoms with van der Waals surface area (Å²) in [5.41, 5.74) is 8.52. The Labute approximate surface area is 434 Å². The number of amides is 3. The van der Waals surface area contributed by atoms with Crippen molar-refractivity contribution in [1.29, 1.82) is 0 Å². The lowest BCUT2D eigenvalue weighted by molar-refractivity contribution is -0.134. The largest absolute Gasteiger partial charge is 0.490 e. The van der Waals surface area contributed by atoms with Gasteiger partial charge in [-0.2, -0.15) is 5.10 Å². The molecule has 3 N–H and O–H groups in total. The van der Waals surface area contributed by atoms with Crippen LogP contribution in [-0.2, 0) is 29.6 Å². The molecule has 382 valence electrons. The Morgan fingerprint density at radius 3 is 2.47 bits per heavy atom. The number of benzene rings is 4. The van der Waals surface area contributed by atoms with Crippen LogP contribution < -0.4 is 25.2 Å². The van der Waals surface area contributed by atoms with Crippen molar-refractivity contribution in [3.05, 3.63) is 125 Å². The maximum Gasteiger partial charge on any atom is 0.355 e. The van der Waals surface area contributed by atoms with Crippen LogP contribution in [0.4, 0.5) is 16.6 Å². The van der Waals surface area contributed by atoms with Crippen molar-refractivity contribution in [2.45, 2.75) is 90.2 Å². The molecule has 74 heavy (non-hydrogen) atoms. The van der Waals surface area contributed by atoms with E-state index < -0.39 is 11.9 Å². The molecule has 15 nitrogen and oxygen atoms in total. The molecule has 0 bridgehead atoms. The highest BCUT2D eigenvalue weighted by molar-refractivity contribution is 7.22. The van der Waals surface area contributed by atoms with E-state index in [9.17, 15) is 24.3 Å². The number of thiazole rings is 1. The van der Waals surface area contributed by atoms with E-state index >= 15 is 0 Å². The summed E-state index contributed by atoms with van der Waals surface area (Å²) >= 11 is 1.44. The number of carbonyl (C=O) groups is 4. The number of aryl methyl sites for hydroxylation is 1. The van der Waals surface area contributed by atoms with Crippen LogP contribution in [0, 0.1) is 18.8 Å². The van der Waals surface area contributed by atoms with E-state index in [0.717, 1.165) is 113 Å². The first-order chi connectivity index (χ1) is 35.9. The van der Waals surface area contributed by atoms with Crippen LogP contribution in [0.25, 0.3) is 32.2 Å². The van der Waals surface area contributed by atoms with Crippen molar-refractivity contribution >= 4 is 72.8 Å². The molecule has 6 heterocycles. The second-order valence-electron chi connectivity index (χ2n) is 20.8. The van der Waals surface area contributed by atoms with Crippen LogP contribution in [0.3, 0.4) is 0 Å². The summed E-state index contributed by atoms with van der Waals surface area (Å²) in [4.78, 5) is 67.4. The molecule has 0 radical (unpaired) electrons. The summed E-state index contributed by atoms with van der Waals surface area (Å²) in [6.07, 6.45) is 8.31. The normalized spacial score (nSPS) is 19.9. The van der Waals surface area contributed by atoms with E-state index in [4.69, 9.17) is 14.8 Å². The third-order valence-electron chi connectivity index (χ3n) is 15.9. The first-order valence-corrected chi connectivity index (χ1v) is 27.0. The molecule has 2 saturated heterocycles. The lowest BCUT2D eigenvalue weighted by Crippen LogP contribution is -2.47. The van der Waals surface area contributed by atoms with Crippen LogP contribution >= 0.6 is 11.3 Å². The second kappa shape index (κ2) is 21.0. The van der Waals surface area contributed by atoms with E-state index in [1.165, 1.54) is 29.9 Å². The predicted octanol–water partition coefficient (Wildman–Crippen LogP) is 9.76. The number of imide groups is 1. The van der Waals surface area contributed by atoms with Crippen molar-refractivity contribution in [2.24, 2.45) is 18.9 Å². The number of aromatic nitrogens is 4. The maximum atomic E-state index is 13.7. The van der Waals surface area contributed by atoms with Crippen molar-refractivity contribution in [2.75, 3.05) is 54.4 Å². The molecule has 1 aliphatic carbocycles. The van der Waals surface area contributed by atoms with Gasteiger partial charge in [0.2, 0.25) is 11.8 Å². The number of anilines is 3. The number of pyridine rings is 1. The molecule has 4 aromatic carbocycles. The molecule has 7 aromatic rings. The Morgan fingerprint density at radius 2 is 1.68 bits per heavy atom. The third-order valence-corrected chi connectivity index (χ3v) is 16.9. The van der Waals surface area contributed by atoms with Crippen LogP contribution in [0.5, 0.6) is 5.75 Å². The number of ether oxygens (including phenoxy) is 1. The van der Waals surface area contributed by atoms with Gasteiger partial charge < -0.3 is 19.6 Å². The molecule has 3 aromatic heterocycles. The minimum atomic E-state index is -1.10. The summed E-state index contributed by atoms with van der Waals surface area (Å²) in [5, 5.41) is 22.3. The fourth-order valence-electron chi connectivity index (χ4n) is 11.8. The number of para-hydroxylation sites is 1. The summed E-state index contributed by atoms with van der Waals surface area (Å²) < 4.78 is 9.57. The van der Waals surface area contributed by atoms with Crippen LogP contribution in [0.15, 0.2) is 91.0 Å². The number of rotatable bonds is 14. The summed E-state index contributed by atoms with van der Waals surface area (Å²) in [7, 11) is 1.92. The minimum Gasteiger partial charge on any atom is -0.490 e. The van der Waals surface area contributed by atoms with E-state index in [1.54, 1.807) is 0 Å². The van der Waals surface area contributed by atoms with E-state index in [-0.39, 0.29) is 29.5 Å². The summed E-state index contributed by atoms with van der Waals surface area (Å²) in [6.45, 7) is 10.5. The molecular formula is C58H63N9O6S. The Kier molecular flexibility index (Phi) is 13.9. The van der Waals surface area contributed by atoms with Gasteiger partial charge in [-0.25, -0.2) is 14.8 Å². The average molecular weight is 1010 g/mol. The number of carbonyl (C=O) groups excluding carboxylic acids is 3. The van der Waals surface area contributed by atoms with Crippen molar-refractivity contribution in [3.8, 4) is 16.9 Å². The topological polar surface area (TPSA) is 175 Å². The lowest BCUT2D eigenvalue weighted by atomic mass is 9.83. The molecule has 16 heteroatoms. The SMILES string of the molecule is Cc1c(OC2CCC(CC[C@@H](C)CN3CCN(c4ccc5c([C@H]6CCC(=O)NC6=O)nn(C)c5c4)CC3)CC2)cccc1-c1ccc(N2CCc3cccc(C(=O)Nc4nc5ccccc5s4)c3C2)nc1C(=O)O. The van der Waals surface area contributed by atoms with Gasteiger partial charge in [0.15, 0.2) is 10.8 Å². The number of piperazine rings is 1. The maximum absolute atomic E-state index is 13.7. The quantitative estimate of drug-likeness (QED) is 0.0882. The first kappa shape index (κ1) is 49.1. The predicted molar refractivity (Wildman–Crippen MR) is 289 cm³/mol. The van der Waals surface area contributed by atoms with Gasteiger partial charge in [0.1, 0.15) is 11.6 Å². The number of nitrogens with one attached hydrogen (secondary N) is 2. The number of nitrogens with zero attached hydrogens (tertiary/aromatic N) is 7. The molecule has 0 unspecified atom stereocenters. The fourth-order valence-corrected chi connectivity index (χ4v) is 12.6. The number of hydrogen-bond donors (Lipinski definition) is 3. The minimum absolute atomic E-state index is 0.0176. The zero-order chi connectivity index (χ0) is 51.0. The number of carboxylic acid groups (broad SMARTS) is 1. The van der Waals surface area contributed by atoms with Gasteiger partial charge in [0.05, 0.1) is 33.4 Å². The van der Waals surface area contributed by atoms with Crippen LogP contribution in [0.2, 0.25) is 0 Å². The molecule has 1 saturated carbocycles. The van der Waals surface area contributed by atoms with Gasteiger partial charge in [0, 0.05) is 81.5 Å². The first-order valence-electron chi connectivity index (χ1n) is 26.2. The lowest BCUT2D eigenvalue weighted by Gasteiger charge is -2.37. The zero-order valence-electron chi connectivity index (χ0n) is 42.3. The van der Waals surface area contributed by atoms with Gasteiger partial charge in [-0.3, -0.25) is 34.6 Å². The van der Waals surface area contributed by atoms with Gasteiger partial charge >= 0.3 is 5.97 Å². The molecule has 3 fully saturated rings. The zero-order valence-corrected chi connectivity index (χ0v) is 43.1. The van der Waals surface area contributed by atoms with Crippen molar-refractivity contribution in [3.63, 3.8) is 0 Å². The highest BCUT2D eigenvalue weighted by atomic mass is 32.1. The molecular weight excluding hydrogens is 951 g/mol. The number of aromatic carboxylic acids is 1. The number of carboxylic acids is 1. The average Bonchev–Trinajstić information content (AvgIpc) is 3.97. The van der Waals surface area contributed by atoms with Gasteiger partial charge in [0.25, 0.3) is 5.91 Å². The smallest absolute Gasteiger partial charge is 0.355 e. The Morgan fingerprint density at radius 1 is 0.865 bits per heavy atom. The fraction of sp³-hybridized carbons (Fsp3) is 0.397. The van der Waals surface area contributed by atoms with Gasteiger partial charge in [-0.15, -0.1) is 0 Å². The highest BCUT2D eigenvalue weighted by Crippen LogP contribution is 2.38.